The number of sulfonamides is 1. The first-order valence-corrected chi connectivity index (χ1v) is 16.2. The molecule has 0 radical (unpaired) electrons. The summed E-state index contributed by atoms with van der Waals surface area (Å²) in [7, 11) is -2.36. The maximum Gasteiger partial charge on any atom is 0.323 e. The smallest absolute Gasteiger partial charge is 0.323 e. The van der Waals surface area contributed by atoms with Crippen LogP contribution >= 0.6 is 0 Å². The van der Waals surface area contributed by atoms with E-state index in [-0.39, 0.29) is 53.4 Å². The Hall–Kier alpha value is -4.45. The number of carbonyl (C=O) groups excluding carboxylic acids is 2. The van der Waals surface area contributed by atoms with Gasteiger partial charge in [-0.3, -0.25) is 4.79 Å². The number of aryl methyl sites for hydroxylation is 1. The van der Waals surface area contributed by atoms with Gasteiger partial charge >= 0.3 is 6.03 Å². The van der Waals surface area contributed by atoms with E-state index in [1.807, 2.05) is 50.2 Å². The lowest BCUT2D eigenvalue weighted by Gasteiger charge is -2.38. The minimum absolute atomic E-state index is 0.0249. The fraction of sp³-hybridized carbons (Fsp3) is 0.294. The third-order valence-electron chi connectivity index (χ3n) is 8.14. The van der Waals surface area contributed by atoms with E-state index in [1.54, 1.807) is 60.4 Å². The first kappa shape index (κ1) is 32.0. The molecule has 3 amide bonds. The monoisotopic (exact) mass is 630 g/mol. The van der Waals surface area contributed by atoms with Crippen molar-refractivity contribution in [3.63, 3.8) is 0 Å². The topological polar surface area (TPSA) is 128 Å². The van der Waals surface area contributed by atoms with E-state index in [0.717, 1.165) is 16.3 Å². The minimum Gasteiger partial charge on any atom is -0.486 e. The van der Waals surface area contributed by atoms with Crippen molar-refractivity contribution in [2.75, 3.05) is 37.4 Å². The second-order valence-electron chi connectivity index (χ2n) is 11.5. The number of rotatable bonds is 8. The Balaban J connectivity index is 1.48. The highest BCUT2D eigenvalue weighted by Gasteiger charge is 2.36. The van der Waals surface area contributed by atoms with Crippen LogP contribution in [0.3, 0.4) is 0 Å². The van der Waals surface area contributed by atoms with E-state index in [9.17, 15) is 23.1 Å². The van der Waals surface area contributed by atoms with Crippen LogP contribution in [0.15, 0.2) is 89.8 Å². The lowest BCUT2D eigenvalue weighted by atomic mass is 9.99. The number of fused-ring (bicyclic) bond motifs is 2. The molecule has 4 aromatic rings. The van der Waals surface area contributed by atoms with E-state index in [2.05, 4.69) is 10.6 Å². The van der Waals surface area contributed by atoms with Gasteiger partial charge in [0.2, 0.25) is 10.0 Å². The average molecular weight is 631 g/mol. The number of aliphatic hydroxyl groups is 1. The van der Waals surface area contributed by atoms with Gasteiger partial charge in [0.05, 0.1) is 41.0 Å². The van der Waals surface area contributed by atoms with Crippen molar-refractivity contribution in [1.82, 2.24) is 9.21 Å². The van der Waals surface area contributed by atoms with E-state index in [0.29, 0.717) is 5.69 Å². The number of benzene rings is 4. The Morgan fingerprint density at radius 3 is 2.38 bits per heavy atom. The van der Waals surface area contributed by atoms with Crippen molar-refractivity contribution in [2.24, 2.45) is 5.92 Å². The van der Waals surface area contributed by atoms with Crippen LogP contribution in [-0.2, 0) is 10.0 Å². The van der Waals surface area contributed by atoms with E-state index in [4.69, 9.17) is 4.74 Å². The van der Waals surface area contributed by atoms with Crippen LogP contribution in [0.1, 0.15) is 29.8 Å². The number of amides is 3. The molecule has 4 aromatic carbocycles. The fourth-order valence-electron chi connectivity index (χ4n) is 5.41. The summed E-state index contributed by atoms with van der Waals surface area (Å²) < 4.78 is 34.7. The van der Waals surface area contributed by atoms with Crippen LogP contribution in [0.2, 0.25) is 0 Å². The van der Waals surface area contributed by atoms with Crippen molar-refractivity contribution in [3.8, 4) is 5.75 Å². The van der Waals surface area contributed by atoms with E-state index < -0.39 is 28.2 Å². The summed E-state index contributed by atoms with van der Waals surface area (Å²) in [5.41, 5.74) is 1.99. The number of nitrogens with zero attached hydrogens (tertiary/aromatic N) is 2. The zero-order chi connectivity index (χ0) is 32.3. The molecular weight excluding hydrogens is 592 g/mol. The van der Waals surface area contributed by atoms with Crippen molar-refractivity contribution in [2.45, 2.75) is 37.8 Å². The quantitative estimate of drug-likeness (QED) is 0.241. The molecule has 0 spiro atoms. The molecule has 236 valence electrons. The number of hydrogen-bond donors (Lipinski definition) is 3. The molecule has 0 aromatic heterocycles. The van der Waals surface area contributed by atoms with Crippen molar-refractivity contribution < 1.29 is 27.9 Å². The van der Waals surface area contributed by atoms with Gasteiger partial charge < -0.3 is 25.4 Å². The maximum absolute atomic E-state index is 13.8. The molecular formula is C34H38N4O6S. The summed E-state index contributed by atoms with van der Waals surface area (Å²) in [6.45, 7) is 5.44. The number of carbonyl (C=O) groups is 2. The van der Waals surface area contributed by atoms with Gasteiger partial charge in [-0.15, -0.1) is 0 Å². The van der Waals surface area contributed by atoms with E-state index >= 15 is 0 Å². The van der Waals surface area contributed by atoms with Gasteiger partial charge in [-0.05, 0) is 49.6 Å². The largest absolute Gasteiger partial charge is 0.486 e. The van der Waals surface area contributed by atoms with Crippen LogP contribution in [0, 0.1) is 12.8 Å². The predicted octanol–water partition coefficient (Wildman–Crippen LogP) is 5.33. The summed E-state index contributed by atoms with van der Waals surface area (Å²) in [5, 5.41) is 17.5. The van der Waals surface area contributed by atoms with Gasteiger partial charge in [-0.2, -0.15) is 4.31 Å². The molecule has 11 heteroatoms. The van der Waals surface area contributed by atoms with Crippen LogP contribution in [0.4, 0.5) is 16.2 Å². The van der Waals surface area contributed by atoms with Crippen molar-refractivity contribution in [1.29, 1.82) is 0 Å². The molecule has 0 saturated heterocycles. The van der Waals surface area contributed by atoms with Gasteiger partial charge in [0.1, 0.15) is 6.10 Å². The standard InChI is InChI=1S/C34H38N4O6S/c1-22-15-17-26(18-16-22)45(42,43)37(4)20-31-23(2)19-38(24(3)21-39)33(40)28-12-8-14-30(32(28)44-31)36-34(41)35-29-13-7-10-25-9-5-6-11-27(25)29/h5-18,23-24,31,39H,19-21H2,1-4H3,(H2,35,36,41)/t23-,24+,31+/m0/s1. The Bertz CT molecular complexity index is 1810. The molecule has 0 saturated carbocycles. The molecule has 1 aliphatic rings. The van der Waals surface area contributed by atoms with Gasteiger partial charge in [0.25, 0.3) is 5.91 Å². The van der Waals surface area contributed by atoms with Crippen LogP contribution in [0.25, 0.3) is 10.8 Å². The molecule has 0 aliphatic carbocycles. The highest BCUT2D eigenvalue weighted by Crippen LogP contribution is 2.35. The second-order valence-corrected chi connectivity index (χ2v) is 13.6. The van der Waals surface area contributed by atoms with Crippen molar-refractivity contribution in [3.05, 3.63) is 96.1 Å². The van der Waals surface area contributed by atoms with Crippen molar-refractivity contribution >= 4 is 44.1 Å². The highest BCUT2D eigenvalue weighted by molar-refractivity contribution is 7.89. The molecule has 0 unspecified atom stereocenters. The molecule has 1 heterocycles. The zero-order valence-corrected chi connectivity index (χ0v) is 26.5. The first-order chi connectivity index (χ1) is 21.5. The Morgan fingerprint density at radius 1 is 1.00 bits per heavy atom. The summed E-state index contributed by atoms with van der Waals surface area (Å²) in [6.07, 6.45) is -0.709. The molecule has 5 rings (SSSR count). The van der Waals surface area contributed by atoms with Gasteiger partial charge in [0, 0.05) is 24.9 Å². The van der Waals surface area contributed by atoms with Crippen LogP contribution in [0.5, 0.6) is 5.75 Å². The number of para-hydroxylation sites is 1. The maximum atomic E-state index is 13.8. The summed E-state index contributed by atoms with van der Waals surface area (Å²) >= 11 is 0. The number of urea groups is 1. The second kappa shape index (κ2) is 13.3. The molecule has 10 nitrogen and oxygen atoms in total. The zero-order valence-electron chi connectivity index (χ0n) is 25.7. The molecule has 0 fully saturated rings. The number of aliphatic hydroxyl groups excluding tert-OH is 1. The predicted molar refractivity (Wildman–Crippen MR) is 175 cm³/mol. The normalized spacial score (nSPS) is 17.6. The lowest BCUT2D eigenvalue weighted by molar-refractivity contribution is 0.0389. The summed E-state index contributed by atoms with van der Waals surface area (Å²) in [6, 6.07) is 23.7. The molecule has 0 bridgehead atoms. The Kier molecular flexibility index (Phi) is 9.42. The number of nitrogens with one attached hydrogen (secondary N) is 2. The average Bonchev–Trinajstić information content (AvgIpc) is 3.03. The van der Waals surface area contributed by atoms with E-state index in [1.165, 1.54) is 11.4 Å². The third-order valence-corrected chi connectivity index (χ3v) is 9.98. The first-order valence-electron chi connectivity index (χ1n) is 14.8. The number of hydrogen-bond acceptors (Lipinski definition) is 6. The van der Waals surface area contributed by atoms with Crippen LogP contribution in [-0.4, -0.2) is 73.6 Å². The summed E-state index contributed by atoms with van der Waals surface area (Å²) in [5.74, 6) is -0.580. The number of ether oxygens (including phenoxy) is 1. The van der Waals surface area contributed by atoms with Gasteiger partial charge in [-0.25, -0.2) is 13.2 Å². The lowest BCUT2D eigenvalue weighted by Crippen LogP contribution is -2.50. The third kappa shape index (κ3) is 6.80. The minimum atomic E-state index is -3.85. The Morgan fingerprint density at radius 2 is 1.64 bits per heavy atom. The van der Waals surface area contributed by atoms with Crippen LogP contribution < -0.4 is 15.4 Å². The molecule has 45 heavy (non-hydrogen) atoms. The fourth-order valence-corrected chi connectivity index (χ4v) is 6.59. The van der Waals surface area contributed by atoms with Gasteiger partial charge in [-0.1, -0.05) is 67.1 Å². The SMILES string of the molecule is Cc1ccc(S(=O)(=O)N(C)C[C@H]2Oc3c(NC(=O)Nc4cccc5ccccc45)cccc3C(=O)N([C@H](C)CO)C[C@@H]2C)cc1. The number of likely N-dealkylation sites (N-methyl/N-ethyl adjacent to an activating group) is 1. The molecule has 1 aliphatic heterocycles. The summed E-state index contributed by atoms with van der Waals surface area (Å²) in [4.78, 5) is 28.8. The number of anilines is 2. The van der Waals surface area contributed by atoms with Gasteiger partial charge in [0.15, 0.2) is 5.75 Å². The Labute approximate surface area is 263 Å². The highest BCUT2D eigenvalue weighted by atomic mass is 32.2. The molecule has 3 N–H and O–H groups in total. The molecule has 3 atom stereocenters.